The second kappa shape index (κ2) is 7.79. The number of carbonyl (C=O) groups excluding carboxylic acids is 1. The summed E-state index contributed by atoms with van der Waals surface area (Å²) in [4.78, 5) is 11.8. The largest absolute Gasteiger partial charge is 0.481 e. The van der Waals surface area contributed by atoms with Gasteiger partial charge in [-0.25, -0.2) is 0 Å². The van der Waals surface area contributed by atoms with Gasteiger partial charge in [-0.3, -0.25) is 4.79 Å². The third-order valence-electron chi connectivity index (χ3n) is 2.87. The smallest absolute Gasteiger partial charge is 0.260 e. The molecule has 2 atom stereocenters. The Morgan fingerprint density at radius 2 is 2.05 bits per heavy atom. The molecule has 0 aromatic heterocycles. The number of hydrogen-bond acceptors (Lipinski definition) is 3. The van der Waals surface area contributed by atoms with E-state index in [-0.39, 0.29) is 5.91 Å². The molecule has 0 aliphatic carbocycles. The average Bonchev–Trinajstić information content (AvgIpc) is 2.39. The Morgan fingerprint density at radius 1 is 1.37 bits per heavy atom. The number of carbonyl (C=O) groups is 1. The molecule has 4 nitrogen and oxygen atoms in total. The van der Waals surface area contributed by atoms with Crippen molar-refractivity contribution in [3.63, 3.8) is 0 Å². The molecule has 19 heavy (non-hydrogen) atoms. The van der Waals surface area contributed by atoms with Crippen molar-refractivity contribution in [3.05, 3.63) is 29.8 Å². The van der Waals surface area contributed by atoms with Gasteiger partial charge in [-0.15, -0.1) is 0 Å². The maximum absolute atomic E-state index is 11.8. The predicted octanol–water partition coefficient (Wildman–Crippen LogP) is 2.42. The Balaban J connectivity index is 2.61. The van der Waals surface area contributed by atoms with Crippen LogP contribution in [0.15, 0.2) is 24.3 Å². The van der Waals surface area contributed by atoms with Gasteiger partial charge < -0.3 is 15.2 Å². The normalized spacial score (nSPS) is 13.7. The molecule has 2 unspecified atom stereocenters. The van der Waals surface area contributed by atoms with Crippen molar-refractivity contribution in [1.82, 2.24) is 5.32 Å². The summed E-state index contributed by atoms with van der Waals surface area (Å²) in [5, 5.41) is 12.5. The van der Waals surface area contributed by atoms with Gasteiger partial charge in [0.1, 0.15) is 5.75 Å². The number of para-hydroxylation sites is 1. The zero-order chi connectivity index (χ0) is 14.3. The lowest BCUT2D eigenvalue weighted by molar-refractivity contribution is -0.127. The zero-order valence-corrected chi connectivity index (χ0v) is 11.8. The van der Waals surface area contributed by atoms with Crippen molar-refractivity contribution in [2.75, 3.05) is 6.54 Å². The highest BCUT2D eigenvalue weighted by atomic mass is 16.5. The van der Waals surface area contributed by atoms with Gasteiger partial charge in [0.2, 0.25) is 0 Å². The summed E-state index contributed by atoms with van der Waals surface area (Å²) in [5.74, 6) is 0.421. The standard InChI is InChI=1S/C15H23NO3/c1-4-5-10-16-15(18)12(3)19-14-9-7-6-8-13(14)11(2)17/h6-9,11-12,17H,4-5,10H2,1-3H3,(H,16,18). The summed E-state index contributed by atoms with van der Waals surface area (Å²) in [6, 6.07) is 7.21. The summed E-state index contributed by atoms with van der Waals surface area (Å²) in [7, 11) is 0. The second-order valence-corrected chi connectivity index (χ2v) is 4.62. The van der Waals surface area contributed by atoms with Crippen LogP contribution in [0.1, 0.15) is 45.3 Å². The summed E-state index contributed by atoms with van der Waals surface area (Å²) < 4.78 is 5.63. The molecule has 0 radical (unpaired) electrons. The van der Waals surface area contributed by atoms with E-state index in [1.54, 1.807) is 26.0 Å². The first-order valence-corrected chi connectivity index (χ1v) is 6.77. The second-order valence-electron chi connectivity index (χ2n) is 4.62. The summed E-state index contributed by atoms with van der Waals surface area (Å²) in [6.45, 7) is 6.13. The van der Waals surface area contributed by atoms with Gasteiger partial charge in [-0.05, 0) is 26.3 Å². The monoisotopic (exact) mass is 265 g/mol. The number of benzene rings is 1. The Hall–Kier alpha value is -1.55. The number of rotatable bonds is 7. The van der Waals surface area contributed by atoms with E-state index in [1.165, 1.54) is 0 Å². The number of unbranched alkanes of at least 4 members (excludes halogenated alkanes) is 1. The van der Waals surface area contributed by atoms with Gasteiger partial charge >= 0.3 is 0 Å². The quantitative estimate of drug-likeness (QED) is 0.744. The Kier molecular flexibility index (Phi) is 6.36. The third-order valence-corrected chi connectivity index (χ3v) is 2.87. The van der Waals surface area contributed by atoms with Crippen LogP contribution in [-0.2, 0) is 4.79 Å². The van der Waals surface area contributed by atoms with Gasteiger partial charge in [-0.2, -0.15) is 0 Å². The van der Waals surface area contributed by atoms with Crippen LogP contribution in [0.5, 0.6) is 5.75 Å². The molecule has 1 amide bonds. The molecule has 0 spiro atoms. The van der Waals surface area contributed by atoms with E-state index in [9.17, 15) is 9.90 Å². The van der Waals surface area contributed by atoms with E-state index in [2.05, 4.69) is 12.2 Å². The molecule has 0 bridgehead atoms. The minimum atomic E-state index is -0.619. The molecule has 0 aliphatic heterocycles. The zero-order valence-electron chi connectivity index (χ0n) is 11.8. The van der Waals surface area contributed by atoms with E-state index in [0.29, 0.717) is 17.9 Å². The van der Waals surface area contributed by atoms with Crippen LogP contribution in [0.25, 0.3) is 0 Å². The third kappa shape index (κ3) is 4.91. The number of aliphatic hydroxyl groups excluding tert-OH is 1. The first-order chi connectivity index (χ1) is 9.06. The Labute approximate surface area is 114 Å². The molecule has 4 heteroatoms. The number of ether oxygens (including phenoxy) is 1. The lowest BCUT2D eigenvalue weighted by atomic mass is 10.1. The van der Waals surface area contributed by atoms with Crippen molar-refractivity contribution in [1.29, 1.82) is 0 Å². The Morgan fingerprint density at radius 3 is 2.68 bits per heavy atom. The maximum Gasteiger partial charge on any atom is 0.260 e. The fourth-order valence-electron chi connectivity index (χ4n) is 1.71. The predicted molar refractivity (Wildman–Crippen MR) is 75.1 cm³/mol. The Bertz CT molecular complexity index is 404. The van der Waals surface area contributed by atoms with Crippen molar-refractivity contribution < 1.29 is 14.6 Å². The summed E-state index contributed by atoms with van der Waals surface area (Å²) >= 11 is 0. The number of aliphatic hydroxyl groups is 1. The summed E-state index contributed by atoms with van der Waals surface area (Å²) in [6.07, 6.45) is 0.812. The molecular weight excluding hydrogens is 242 g/mol. The van der Waals surface area contributed by atoms with Crippen LogP contribution < -0.4 is 10.1 Å². The minimum absolute atomic E-state index is 0.131. The van der Waals surface area contributed by atoms with E-state index in [1.807, 2.05) is 12.1 Å². The van der Waals surface area contributed by atoms with Crippen molar-refractivity contribution >= 4 is 5.91 Å². The molecule has 2 N–H and O–H groups in total. The number of amides is 1. The van der Waals surface area contributed by atoms with Crippen LogP contribution in [-0.4, -0.2) is 23.7 Å². The van der Waals surface area contributed by atoms with E-state index >= 15 is 0 Å². The van der Waals surface area contributed by atoms with Crippen molar-refractivity contribution in [2.45, 2.75) is 45.8 Å². The molecule has 1 aromatic carbocycles. The number of hydrogen-bond donors (Lipinski definition) is 2. The lowest BCUT2D eigenvalue weighted by Gasteiger charge is -2.18. The highest BCUT2D eigenvalue weighted by molar-refractivity contribution is 5.80. The molecular formula is C15H23NO3. The lowest BCUT2D eigenvalue weighted by Crippen LogP contribution is -2.37. The fraction of sp³-hybridized carbons (Fsp3) is 0.533. The highest BCUT2D eigenvalue weighted by Crippen LogP contribution is 2.25. The molecule has 0 fully saturated rings. The number of nitrogens with one attached hydrogen (secondary N) is 1. The maximum atomic E-state index is 11.8. The molecule has 0 saturated heterocycles. The van der Waals surface area contributed by atoms with Gasteiger partial charge in [-0.1, -0.05) is 31.5 Å². The molecule has 0 saturated carbocycles. The fourth-order valence-corrected chi connectivity index (χ4v) is 1.71. The van der Waals surface area contributed by atoms with Gasteiger partial charge in [0.25, 0.3) is 5.91 Å². The van der Waals surface area contributed by atoms with Crippen molar-refractivity contribution in [2.24, 2.45) is 0 Å². The van der Waals surface area contributed by atoms with Crippen LogP contribution in [0.2, 0.25) is 0 Å². The highest BCUT2D eigenvalue weighted by Gasteiger charge is 2.16. The van der Waals surface area contributed by atoms with Crippen LogP contribution in [0.4, 0.5) is 0 Å². The van der Waals surface area contributed by atoms with Crippen molar-refractivity contribution in [3.8, 4) is 5.75 Å². The molecule has 106 valence electrons. The summed E-state index contributed by atoms with van der Waals surface area (Å²) in [5.41, 5.74) is 0.690. The average molecular weight is 265 g/mol. The van der Waals surface area contributed by atoms with Crippen LogP contribution >= 0.6 is 0 Å². The van der Waals surface area contributed by atoms with Crippen LogP contribution in [0.3, 0.4) is 0 Å². The minimum Gasteiger partial charge on any atom is -0.481 e. The van der Waals surface area contributed by atoms with E-state index < -0.39 is 12.2 Å². The molecule has 0 heterocycles. The van der Waals surface area contributed by atoms with Crippen LogP contribution in [0, 0.1) is 0 Å². The molecule has 0 aliphatic rings. The van der Waals surface area contributed by atoms with Gasteiger partial charge in [0.15, 0.2) is 6.10 Å². The molecule has 1 aromatic rings. The van der Waals surface area contributed by atoms with E-state index in [4.69, 9.17) is 4.74 Å². The topological polar surface area (TPSA) is 58.6 Å². The first kappa shape index (κ1) is 15.5. The first-order valence-electron chi connectivity index (χ1n) is 6.77. The van der Waals surface area contributed by atoms with Gasteiger partial charge in [0, 0.05) is 12.1 Å². The van der Waals surface area contributed by atoms with Gasteiger partial charge in [0.05, 0.1) is 6.10 Å². The SMILES string of the molecule is CCCCNC(=O)C(C)Oc1ccccc1C(C)O. The molecule has 1 rings (SSSR count). The van der Waals surface area contributed by atoms with E-state index in [0.717, 1.165) is 12.8 Å².